The summed E-state index contributed by atoms with van der Waals surface area (Å²) in [6, 6.07) is 7.16. The second-order valence-corrected chi connectivity index (χ2v) is 7.05. The van der Waals surface area contributed by atoms with E-state index in [1.807, 2.05) is 25.2 Å². The zero-order valence-electron chi connectivity index (χ0n) is 16.0. The van der Waals surface area contributed by atoms with Crippen LogP contribution in [0.3, 0.4) is 0 Å². The number of carbonyl (C=O) groups excluding carboxylic acids is 1. The van der Waals surface area contributed by atoms with Crippen LogP contribution in [0.5, 0.6) is 0 Å². The largest absolute Gasteiger partial charge is 0.383 e. The van der Waals surface area contributed by atoms with E-state index in [1.165, 1.54) is 6.33 Å². The molecular formula is C19H25N7O. The van der Waals surface area contributed by atoms with E-state index in [9.17, 15) is 4.79 Å². The number of hydrogen-bond donors (Lipinski definition) is 2. The number of nitrogens with zero attached hydrogens (tertiary/aromatic N) is 5. The van der Waals surface area contributed by atoms with E-state index in [1.54, 1.807) is 28.7 Å². The molecule has 27 heavy (non-hydrogen) atoms. The molecule has 0 bridgehead atoms. The first kappa shape index (κ1) is 18.6. The zero-order chi connectivity index (χ0) is 19.6. The van der Waals surface area contributed by atoms with Crippen molar-refractivity contribution >= 4 is 11.7 Å². The van der Waals surface area contributed by atoms with Crippen LogP contribution in [0.4, 0.5) is 5.82 Å². The highest BCUT2D eigenvalue weighted by atomic mass is 16.1. The summed E-state index contributed by atoms with van der Waals surface area (Å²) >= 11 is 0. The average molecular weight is 367 g/mol. The van der Waals surface area contributed by atoms with Gasteiger partial charge in [0.2, 0.25) is 0 Å². The van der Waals surface area contributed by atoms with Crippen molar-refractivity contribution in [1.29, 1.82) is 0 Å². The highest BCUT2D eigenvalue weighted by Crippen LogP contribution is 2.26. The molecule has 142 valence electrons. The first-order valence-electron chi connectivity index (χ1n) is 8.89. The molecule has 0 radical (unpaired) electrons. The first-order valence-corrected chi connectivity index (χ1v) is 8.89. The Morgan fingerprint density at radius 1 is 1.22 bits per heavy atom. The van der Waals surface area contributed by atoms with Gasteiger partial charge in [0.1, 0.15) is 18.0 Å². The number of nitrogen functional groups attached to an aromatic ring is 1. The monoisotopic (exact) mass is 367 g/mol. The van der Waals surface area contributed by atoms with Crippen LogP contribution >= 0.6 is 0 Å². The number of aryl methyl sites for hydroxylation is 2. The Morgan fingerprint density at radius 2 is 2.00 bits per heavy atom. The lowest BCUT2D eigenvalue weighted by Crippen LogP contribution is -2.31. The molecule has 0 spiro atoms. The lowest BCUT2D eigenvalue weighted by atomic mass is 10.0. The van der Waals surface area contributed by atoms with E-state index in [0.29, 0.717) is 17.3 Å². The predicted octanol–water partition coefficient (Wildman–Crippen LogP) is 2.31. The molecule has 3 N–H and O–H groups in total. The molecule has 0 aliphatic rings. The third-order valence-electron chi connectivity index (χ3n) is 4.49. The van der Waals surface area contributed by atoms with E-state index >= 15 is 0 Å². The van der Waals surface area contributed by atoms with Crippen molar-refractivity contribution in [3.63, 3.8) is 0 Å². The molecule has 0 aliphatic heterocycles. The topological polar surface area (TPSA) is 104 Å². The Balaban J connectivity index is 1.85. The van der Waals surface area contributed by atoms with Crippen molar-refractivity contribution in [2.45, 2.75) is 26.3 Å². The second kappa shape index (κ2) is 7.61. The smallest absolute Gasteiger partial charge is 0.251 e. The van der Waals surface area contributed by atoms with Gasteiger partial charge in [-0.05, 0) is 30.0 Å². The number of carbonyl (C=O) groups is 1. The summed E-state index contributed by atoms with van der Waals surface area (Å²) < 4.78 is 3.30. The quantitative estimate of drug-likeness (QED) is 0.696. The summed E-state index contributed by atoms with van der Waals surface area (Å²) in [6.45, 7) is 4.22. The summed E-state index contributed by atoms with van der Waals surface area (Å²) in [4.78, 5) is 17.2. The van der Waals surface area contributed by atoms with E-state index < -0.39 is 0 Å². The molecule has 2 aromatic heterocycles. The van der Waals surface area contributed by atoms with Gasteiger partial charge in [-0.1, -0.05) is 26.0 Å². The van der Waals surface area contributed by atoms with Gasteiger partial charge in [0.15, 0.2) is 0 Å². The Kier molecular flexibility index (Phi) is 5.25. The lowest BCUT2D eigenvalue weighted by Gasteiger charge is -2.20. The summed E-state index contributed by atoms with van der Waals surface area (Å²) in [5, 5.41) is 11.4. The van der Waals surface area contributed by atoms with Crippen molar-refractivity contribution in [1.82, 2.24) is 29.9 Å². The molecule has 3 aromatic rings. The fourth-order valence-corrected chi connectivity index (χ4v) is 3.06. The maximum atomic E-state index is 12.9. The molecule has 0 aliphatic carbocycles. The summed E-state index contributed by atoms with van der Waals surface area (Å²) in [5.41, 5.74) is 8.28. The average Bonchev–Trinajstić information content (AvgIpc) is 3.20. The first-order chi connectivity index (χ1) is 12.9. The van der Waals surface area contributed by atoms with Gasteiger partial charge in [0.05, 0.1) is 12.2 Å². The summed E-state index contributed by atoms with van der Waals surface area (Å²) in [7, 11) is 3.61. The molecule has 1 atom stereocenters. The number of rotatable bonds is 6. The van der Waals surface area contributed by atoms with Crippen LogP contribution in [0.2, 0.25) is 0 Å². The van der Waals surface area contributed by atoms with Crippen LogP contribution in [0, 0.1) is 5.92 Å². The highest BCUT2D eigenvalue weighted by molar-refractivity contribution is 5.96. The van der Waals surface area contributed by atoms with Crippen LogP contribution < -0.4 is 11.1 Å². The predicted molar refractivity (Wildman–Crippen MR) is 104 cm³/mol. The molecule has 0 saturated carbocycles. The van der Waals surface area contributed by atoms with Gasteiger partial charge in [-0.2, -0.15) is 10.2 Å². The van der Waals surface area contributed by atoms with Crippen molar-refractivity contribution in [2.24, 2.45) is 20.0 Å². The highest BCUT2D eigenvalue weighted by Gasteiger charge is 2.21. The molecule has 2 heterocycles. The lowest BCUT2D eigenvalue weighted by molar-refractivity contribution is 0.0929. The van der Waals surface area contributed by atoms with Gasteiger partial charge in [-0.3, -0.25) is 14.2 Å². The van der Waals surface area contributed by atoms with Crippen LogP contribution in [-0.2, 0) is 14.1 Å². The van der Waals surface area contributed by atoms with Gasteiger partial charge in [0, 0.05) is 25.2 Å². The fourth-order valence-electron chi connectivity index (χ4n) is 3.06. The molecule has 3 rings (SSSR count). The van der Waals surface area contributed by atoms with Crippen molar-refractivity contribution in [3.05, 3.63) is 48.2 Å². The fraction of sp³-hybridized carbons (Fsp3) is 0.368. The maximum absolute atomic E-state index is 12.9. The number of hydrogen-bond acceptors (Lipinski definition) is 5. The van der Waals surface area contributed by atoms with E-state index in [0.717, 1.165) is 23.4 Å². The number of nitrogens with one attached hydrogen (secondary N) is 1. The molecular weight excluding hydrogens is 342 g/mol. The third-order valence-corrected chi connectivity index (χ3v) is 4.49. The molecule has 1 amide bonds. The Bertz CT molecular complexity index is 941. The van der Waals surface area contributed by atoms with E-state index in [2.05, 4.69) is 34.3 Å². The van der Waals surface area contributed by atoms with Gasteiger partial charge in [0.25, 0.3) is 5.91 Å². The number of nitrogens with two attached hydrogens (primary N) is 1. The van der Waals surface area contributed by atoms with Crippen LogP contribution in [-0.4, -0.2) is 30.5 Å². The van der Waals surface area contributed by atoms with Crippen LogP contribution in [0.15, 0.2) is 36.8 Å². The molecule has 8 heteroatoms. The minimum absolute atomic E-state index is 0.159. The number of anilines is 1. The number of amides is 1. The molecule has 8 nitrogen and oxygen atoms in total. The Labute approximate surface area is 158 Å². The molecule has 0 fully saturated rings. The zero-order valence-corrected chi connectivity index (χ0v) is 16.0. The standard InChI is InChI=1S/C19H25N7O/c1-12(2)8-16(18-21-11-23-26(18)4)24-19(27)14-7-5-6-13(9-14)15-10-22-25(3)17(15)20/h5-7,9-12,16H,8,20H2,1-4H3,(H,24,27)/t16-/m1/s1. The Morgan fingerprint density at radius 3 is 2.59 bits per heavy atom. The second-order valence-electron chi connectivity index (χ2n) is 7.05. The summed E-state index contributed by atoms with van der Waals surface area (Å²) in [6.07, 6.45) is 3.97. The van der Waals surface area contributed by atoms with E-state index in [4.69, 9.17) is 5.73 Å². The van der Waals surface area contributed by atoms with Crippen LogP contribution in [0.25, 0.3) is 11.1 Å². The maximum Gasteiger partial charge on any atom is 0.251 e. The molecule has 0 unspecified atom stereocenters. The van der Waals surface area contributed by atoms with Gasteiger partial charge in [-0.15, -0.1) is 0 Å². The summed E-state index contributed by atoms with van der Waals surface area (Å²) in [5.74, 6) is 1.54. The van der Waals surface area contributed by atoms with E-state index in [-0.39, 0.29) is 11.9 Å². The third kappa shape index (κ3) is 3.99. The number of aromatic nitrogens is 5. The minimum Gasteiger partial charge on any atom is -0.383 e. The molecule has 0 saturated heterocycles. The van der Waals surface area contributed by atoms with Gasteiger partial charge < -0.3 is 11.1 Å². The number of benzene rings is 1. The normalized spacial score (nSPS) is 12.3. The SMILES string of the molecule is CC(C)C[C@@H](NC(=O)c1cccc(-c2cnn(C)c2N)c1)c1ncnn1C. The molecule has 1 aromatic carbocycles. The van der Waals surface area contributed by atoms with Gasteiger partial charge in [-0.25, -0.2) is 4.98 Å². The van der Waals surface area contributed by atoms with Crippen LogP contribution in [0.1, 0.15) is 42.5 Å². The Hall–Kier alpha value is -3.16. The van der Waals surface area contributed by atoms with Gasteiger partial charge >= 0.3 is 0 Å². The van der Waals surface area contributed by atoms with Crippen molar-refractivity contribution in [3.8, 4) is 11.1 Å². The van der Waals surface area contributed by atoms with Crippen molar-refractivity contribution < 1.29 is 4.79 Å². The minimum atomic E-state index is -0.211. The van der Waals surface area contributed by atoms with Crippen molar-refractivity contribution in [2.75, 3.05) is 5.73 Å².